The highest BCUT2D eigenvalue weighted by atomic mass is 16.5. The van der Waals surface area contributed by atoms with Gasteiger partial charge in [-0.3, -0.25) is 4.79 Å². The molecule has 0 atom stereocenters. The average molecular weight is 217 g/mol. The molecule has 1 rings (SSSR count). The fraction of sp³-hybridized carbons (Fsp3) is 0.357. The zero-order valence-corrected chi connectivity index (χ0v) is 9.61. The van der Waals surface area contributed by atoms with E-state index in [1.807, 2.05) is 42.7 Å². The maximum absolute atomic E-state index is 10.0. The molecule has 2 heteroatoms. The Labute approximate surface area is 96.9 Å². The third-order valence-electron chi connectivity index (χ3n) is 2.14. The first kappa shape index (κ1) is 12.5. The molecule has 0 aliphatic heterocycles. The normalized spacial score (nSPS) is 10.6. The Bertz CT molecular complexity index is 342. The number of benzene rings is 1. The lowest BCUT2D eigenvalue weighted by molar-refractivity contribution is 0.315. The summed E-state index contributed by atoms with van der Waals surface area (Å²) < 4.78 is 5.63. The summed E-state index contributed by atoms with van der Waals surface area (Å²) in [5.41, 5.74) is 1.15. The van der Waals surface area contributed by atoms with E-state index in [1.165, 1.54) is 0 Å². The van der Waals surface area contributed by atoms with E-state index in [0.29, 0.717) is 6.42 Å². The van der Waals surface area contributed by atoms with Crippen molar-refractivity contribution in [3.63, 3.8) is 0 Å². The zero-order valence-electron chi connectivity index (χ0n) is 9.61. The first-order valence-corrected chi connectivity index (χ1v) is 5.59. The summed E-state index contributed by atoms with van der Waals surface area (Å²) in [6.45, 7) is 2.82. The highest BCUT2D eigenvalue weighted by Crippen LogP contribution is 2.18. The van der Waals surface area contributed by atoms with Crippen LogP contribution < -0.4 is 4.74 Å². The second-order valence-corrected chi connectivity index (χ2v) is 3.48. The van der Waals surface area contributed by atoms with Crippen molar-refractivity contribution in [1.29, 1.82) is 0 Å². The van der Waals surface area contributed by atoms with E-state index in [1.54, 1.807) is 0 Å². The van der Waals surface area contributed by atoms with Gasteiger partial charge in [0.15, 0.2) is 0 Å². The van der Waals surface area contributed by atoms with Crippen molar-refractivity contribution in [2.24, 2.45) is 0 Å². The molecule has 0 fully saturated rings. The smallest absolute Gasteiger partial charge is 0.202 e. The molecule has 0 aliphatic rings. The number of para-hydroxylation sites is 1. The highest BCUT2D eigenvalue weighted by molar-refractivity contribution is 5.52. The van der Waals surface area contributed by atoms with E-state index in [0.717, 1.165) is 30.8 Å². The van der Waals surface area contributed by atoms with Gasteiger partial charge >= 0.3 is 0 Å². The predicted octanol–water partition coefficient (Wildman–Crippen LogP) is 3.07. The molecule has 0 aromatic heterocycles. The average Bonchev–Trinajstić information content (AvgIpc) is 2.33. The van der Waals surface area contributed by atoms with Crippen LogP contribution in [0.15, 0.2) is 36.4 Å². The highest BCUT2D eigenvalue weighted by Gasteiger charge is 1.99. The fourth-order valence-corrected chi connectivity index (χ4v) is 1.37. The Hall–Kier alpha value is -1.57. The van der Waals surface area contributed by atoms with E-state index in [9.17, 15) is 4.79 Å². The largest absolute Gasteiger partial charge is 0.493 e. The Morgan fingerprint density at radius 3 is 2.88 bits per heavy atom. The van der Waals surface area contributed by atoms with Crippen molar-refractivity contribution >= 4 is 6.29 Å². The molecule has 1 aromatic rings. The quantitative estimate of drug-likeness (QED) is 0.656. The maximum atomic E-state index is 10.0. The van der Waals surface area contributed by atoms with Crippen LogP contribution in [0.25, 0.3) is 0 Å². The monoisotopic (exact) mass is 217 g/mol. The van der Waals surface area contributed by atoms with Gasteiger partial charge in [0.1, 0.15) is 5.75 Å². The van der Waals surface area contributed by atoms with Crippen molar-refractivity contribution in [2.75, 3.05) is 6.61 Å². The van der Waals surface area contributed by atoms with Crippen LogP contribution in [0.1, 0.15) is 25.3 Å². The van der Waals surface area contributed by atoms with Gasteiger partial charge in [-0.05, 0) is 24.5 Å². The minimum absolute atomic E-state index is 0.359. The van der Waals surface area contributed by atoms with Crippen LogP contribution in [0.4, 0.5) is 0 Å². The van der Waals surface area contributed by atoms with Crippen molar-refractivity contribution in [3.8, 4) is 5.75 Å². The molecule has 2 nitrogen and oxygen atoms in total. The Morgan fingerprint density at radius 2 is 2.12 bits per heavy atom. The molecule has 0 spiro atoms. The minimum atomic E-state index is 0.359. The Balaban J connectivity index is 2.59. The lowest BCUT2D eigenvalue weighted by Crippen LogP contribution is -1.98. The standard InChI is InChI=1S/C14H17O2/c1-2-12-16-14-10-6-5-9-13(14)8-4-3-7-11-15/h3-6,9-10H,2,7-8,12H2,1H3/b4-3+. The topological polar surface area (TPSA) is 26.3 Å². The zero-order chi connectivity index (χ0) is 11.6. The first-order chi connectivity index (χ1) is 7.88. The van der Waals surface area contributed by atoms with Crippen molar-refractivity contribution in [3.05, 3.63) is 42.0 Å². The van der Waals surface area contributed by atoms with Crippen molar-refractivity contribution in [2.45, 2.75) is 26.2 Å². The second-order valence-electron chi connectivity index (χ2n) is 3.48. The summed E-state index contributed by atoms with van der Waals surface area (Å²) in [4.78, 5) is 10.0. The van der Waals surface area contributed by atoms with E-state index >= 15 is 0 Å². The first-order valence-electron chi connectivity index (χ1n) is 5.59. The van der Waals surface area contributed by atoms with Gasteiger partial charge in [-0.2, -0.15) is 0 Å². The van der Waals surface area contributed by atoms with Crippen LogP contribution in [-0.4, -0.2) is 12.9 Å². The van der Waals surface area contributed by atoms with Gasteiger partial charge in [-0.25, -0.2) is 0 Å². The van der Waals surface area contributed by atoms with Crippen LogP contribution in [0.2, 0.25) is 0 Å². The lowest BCUT2D eigenvalue weighted by atomic mass is 10.1. The summed E-state index contributed by atoms with van der Waals surface area (Å²) in [6, 6.07) is 7.98. The number of ether oxygens (including phenoxy) is 1. The molecule has 85 valence electrons. The molecule has 1 aromatic carbocycles. The van der Waals surface area contributed by atoms with Crippen LogP contribution in [0, 0.1) is 0 Å². The molecular formula is C14H17O2. The fourth-order valence-electron chi connectivity index (χ4n) is 1.37. The molecule has 0 heterocycles. The van der Waals surface area contributed by atoms with Crippen LogP contribution in [0.5, 0.6) is 5.75 Å². The van der Waals surface area contributed by atoms with Gasteiger partial charge in [0, 0.05) is 6.42 Å². The van der Waals surface area contributed by atoms with E-state index in [-0.39, 0.29) is 0 Å². The summed E-state index contributed by atoms with van der Waals surface area (Å²) in [6.07, 6.45) is 7.79. The van der Waals surface area contributed by atoms with E-state index < -0.39 is 0 Å². The third-order valence-corrected chi connectivity index (χ3v) is 2.14. The van der Waals surface area contributed by atoms with Crippen molar-refractivity contribution in [1.82, 2.24) is 0 Å². The van der Waals surface area contributed by atoms with Crippen LogP contribution >= 0.6 is 0 Å². The molecule has 0 saturated heterocycles. The summed E-state index contributed by atoms with van der Waals surface area (Å²) in [7, 11) is 0. The summed E-state index contributed by atoms with van der Waals surface area (Å²) in [5, 5.41) is 0. The van der Waals surface area contributed by atoms with Crippen molar-refractivity contribution < 1.29 is 9.53 Å². The maximum Gasteiger partial charge on any atom is 0.202 e. The molecule has 0 saturated carbocycles. The van der Waals surface area contributed by atoms with Crippen LogP contribution in [0.3, 0.4) is 0 Å². The van der Waals surface area contributed by atoms with Gasteiger partial charge < -0.3 is 4.74 Å². The number of rotatable bonds is 7. The van der Waals surface area contributed by atoms with Gasteiger partial charge in [0.2, 0.25) is 6.29 Å². The molecule has 16 heavy (non-hydrogen) atoms. The minimum Gasteiger partial charge on any atom is -0.493 e. The van der Waals surface area contributed by atoms with Gasteiger partial charge in [0.25, 0.3) is 0 Å². The van der Waals surface area contributed by atoms with Gasteiger partial charge in [-0.1, -0.05) is 37.3 Å². The molecule has 0 N–H and O–H groups in total. The second kappa shape index (κ2) is 7.69. The molecule has 0 unspecified atom stereocenters. The third kappa shape index (κ3) is 4.30. The molecular weight excluding hydrogens is 200 g/mol. The van der Waals surface area contributed by atoms with Gasteiger partial charge in [-0.15, -0.1) is 0 Å². The lowest BCUT2D eigenvalue weighted by Gasteiger charge is -2.08. The number of hydrogen-bond acceptors (Lipinski definition) is 2. The summed E-state index contributed by atoms with van der Waals surface area (Å²) in [5.74, 6) is 0.934. The molecule has 1 radical (unpaired) electrons. The molecule has 0 amide bonds. The summed E-state index contributed by atoms with van der Waals surface area (Å²) >= 11 is 0. The Morgan fingerprint density at radius 1 is 1.31 bits per heavy atom. The van der Waals surface area contributed by atoms with E-state index in [2.05, 4.69) is 6.92 Å². The van der Waals surface area contributed by atoms with E-state index in [4.69, 9.17) is 4.74 Å². The predicted molar refractivity (Wildman–Crippen MR) is 65.4 cm³/mol. The SMILES string of the molecule is CCCOc1ccccc1C/C=C/C[C]=O. The molecule has 0 bridgehead atoms. The molecule has 0 aliphatic carbocycles. The number of allylic oxidation sites excluding steroid dienone is 2. The number of hydrogen-bond donors (Lipinski definition) is 0. The number of carbonyl (C=O) groups excluding carboxylic acids is 1. The van der Waals surface area contributed by atoms with Crippen LogP contribution in [-0.2, 0) is 11.2 Å². The Kier molecular flexibility index (Phi) is 6.00. The van der Waals surface area contributed by atoms with Gasteiger partial charge in [0.05, 0.1) is 6.61 Å².